The van der Waals surface area contributed by atoms with Crippen molar-refractivity contribution in [2.24, 2.45) is 0 Å². The minimum absolute atomic E-state index is 0.0517. The van der Waals surface area contributed by atoms with E-state index in [-0.39, 0.29) is 23.6 Å². The summed E-state index contributed by atoms with van der Waals surface area (Å²) in [5.74, 6) is -0.952. The first-order valence-electron chi connectivity index (χ1n) is 5.87. The SMILES string of the molecule is O=C(O)c1ccccc1COc1ccc(I)cc1[N+](=O)[O-]. The number of hydrogen-bond acceptors (Lipinski definition) is 4. The number of nitro benzene ring substituents is 1. The molecule has 0 fully saturated rings. The van der Waals surface area contributed by atoms with E-state index in [1.807, 2.05) is 22.6 Å². The van der Waals surface area contributed by atoms with Gasteiger partial charge in [-0.1, -0.05) is 18.2 Å². The number of carboxylic acid groups (broad SMARTS) is 1. The maximum Gasteiger partial charge on any atom is 0.336 e. The summed E-state index contributed by atoms with van der Waals surface area (Å²) in [5.41, 5.74) is 0.429. The molecule has 2 aromatic rings. The van der Waals surface area contributed by atoms with Gasteiger partial charge in [-0.25, -0.2) is 4.79 Å². The van der Waals surface area contributed by atoms with Gasteiger partial charge in [0.05, 0.1) is 10.5 Å². The molecule has 0 aromatic heterocycles. The summed E-state index contributed by atoms with van der Waals surface area (Å²) < 4.78 is 6.14. The molecule has 0 bridgehead atoms. The Bertz CT molecular complexity index is 702. The first-order chi connectivity index (χ1) is 9.99. The molecule has 0 unspecified atom stereocenters. The van der Waals surface area contributed by atoms with Crippen molar-refractivity contribution in [3.8, 4) is 5.75 Å². The van der Waals surface area contributed by atoms with Crippen molar-refractivity contribution in [2.45, 2.75) is 6.61 Å². The highest BCUT2D eigenvalue weighted by atomic mass is 127. The summed E-state index contributed by atoms with van der Waals surface area (Å²) in [7, 11) is 0. The molecule has 2 aromatic carbocycles. The van der Waals surface area contributed by atoms with Gasteiger partial charge in [0.15, 0.2) is 5.75 Å². The van der Waals surface area contributed by atoms with E-state index in [9.17, 15) is 14.9 Å². The number of ether oxygens (including phenoxy) is 1. The smallest absolute Gasteiger partial charge is 0.336 e. The van der Waals surface area contributed by atoms with Crippen LogP contribution in [0.15, 0.2) is 42.5 Å². The van der Waals surface area contributed by atoms with Gasteiger partial charge in [0.2, 0.25) is 0 Å². The normalized spacial score (nSPS) is 10.1. The zero-order valence-electron chi connectivity index (χ0n) is 10.7. The molecular weight excluding hydrogens is 389 g/mol. The predicted molar refractivity (Wildman–Crippen MR) is 83.5 cm³/mol. The van der Waals surface area contributed by atoms with Gasteiger partial charge in [-0.15, -0.1) is 0 Å². The average Bonchev–Trinajstić information content (AvgIpc) is 2.46. The maximum atomic E-state index is 11.1. The maximum absolute atomic E-state index is 11.1. The third-order valence-electron chi connectivity index (χ3n) is 2.75. The molecule has 0 aliphatic rings. The van der Waals surface area contributed by atoms with Crippen molar-refractivity contribution in [3.63, 3.8) is 0 Å². The molecule has 21 heavy (non-hydrogen) atoms. The fourth-order valence-electron chi connectivity index (χ4n) is 1.77. The van der Waals surface area contributed by atoms with Crippen LogP contribution in [0.25, 0.3) is 0 Å². The van der Waals surface area contributed by atoms with Crippen LogP contribution in [0.3, 0.4) is 0 Å². The third kappa shape index (κ3) is 3.69. The fraction of sp³-hybridized carbons (Fsp3) is 0.0714. The number of hydrogen-bond donors (Lipinski definition) is 1. The van der Waals surface area contributed by atoms with Gasteiger partial charge in [-0.05, 0) is 40.8 Å². The number of halogens is 1. The molecule has 7 heteroatoms. The van der Waals surface area contributed by atoms with Crippen molar-refractivity contribution >= 4 is 34.2 Å². The zero-order chi connectivity index (χ0) is 15.4. The predicted octanol–water partition coefficient (Wildman–Crippen LogP) is 3.48. The molecule has 0 aliphatic heterocycles. The third-order valence-corrected chi connectivity index (χ3v) is 3.42. The Morgan fingerprint density at radius 3 is 2.67 bits per heavy atom. The molecule has 0 radical (unpaired) electrons. The van der Waals surface area contributed by atoms with Crippen molar-refractivity contribution in [2.75, 3.05) is 0 Å². The lowest BCUT2D eigenvalue weighted by Crippen LogP contribution is -2.06. The molecule has 2 rings (SSSR count). The Morgan fingerprint density at radius 1 is 1.29 bits per heavy atom. The quantitative estimate of drug-likeness (QED) is 0.473. The minimum Gasteiger partial charge on any atom is -0.482 e. The number of aromatic carboxylic acids is 1. The molecule has 6 nitrogen and oxygen atoms in total. The highest BCUT2D eigenvalue weighted by Crippen LogP contribution is 2.29. The summed E-state index contributed by atoms with van der Waals surface area (Å²) in [4.78, 5) is 21.5. The number of benzene rings is 2. The van der Waals surface area contributed by atoms with Crippen LogP contribution in [0.5, 0.6) is 5.75 Å². The second-order valence-corrected chi connectivity index (χ2v) is 5.37. The van der Waals surface area contributed by atoms with Gasteiger partial charge >= 0.3 is 11.7 Å². The van der Waals surface area contributed by atoms with Crippen molar-refractivity contribution in [1.29, 1.82) is 0 Å². The van der Waals surface area contributed by atoms with Crippen LogP contribution >= 0.6 is 22.6 Å². The van der Waals surface area contributed by atoms with Gasteiger partial charge in [-0.3, -0.25) is 10.1 Å². The minimum atomic E-state index is -1.06. The Labute approximate surface area is 133 Å². The van der Waals surface area contributed by atoms with Gasteiger partial charge in [0, 0.05) is 15.2 Å². The van der Waals surface area contributed by atoms with Gasteiger partial charge in [-0.2, -0.15) is 0 Å². The Hall–Kier alpha value is -2.16. The highest BCUT2D eigenvalue weighted by molar-refractivity contribution is 14.1. The van der Waals surface area contributed by atoms with Crippen LogP contribution < -0.4 is 4.74 Å². The van der Waals surface area contributed by atoms with Crippen molar-refractivity contribution in [3.05, 3.63) is 67.3 Å². The van der Waals surface area contributed by atoms with Crippen LogP contribution in [-0.2, 0) is 6.61 Å². The molecule has 0 amide bonds. The number of carboxylic acids is 1. The lowest BCUT2D eigenvalue weighted by molar-refractivity contribution is -0.386. The van der Waals surface area contributed by atoms with E-state index in [0.717, 1.165) is 3.57 Å². The van der Waals surface area contributed by atoms with Gasteiger partial charge in [0.25, 0.3) is 0 Å². The molecule has 108 valence electrons. The molecule has 0 heterocycles. The van der Waals surface area contributed by atoms with E-state index in [1.165, 1.54) is 18.2 Å². The van der Waals surface area contributed by atoms with E-state index in [0.29, 0.717) is 5.56 Å². The number of rotatable bonds is 5. The summed E-state index contributed by atoms with van der Waals surface area (Å²) in [6.45, 7) is -0.0517. The van der Waals surface area contributed by atoms with Crippen LogP contribution in [0.2, 0.25) is 0 Å². The number of nitrogens with zero attached hydrogens (tertiary/aromatic N) is 1. The van der Waals surface area contributed by atoms with Crippen LogP contribution in [0.1, 0.15) is 15.9 Å². The van der Waals surface area contributed by atoms with Gasteiger partial charge in [0.1, 0.15) is 6.61 Å². The average molecular weight is 399 g/mol. The largest absolute Gasteiger partial charge is 0.482 e. The second kappa shape index (κ2) is 6.53. The first kappa shape index (κ1) is 15.2. The standard InChI is InChI=1S/C14H10INO5/c15-10-5-6-13(12(7-10)16(19)20)21-8-9-3-1-2-4-11(9)14(17)18/h1-7H,8H2,(H,17,18). The summed E-state index contributed by atoms with van der Waals surface area (Å²) in [6, 6.07) is 11.0. The van der Waals surface area contributed by atoms with Crippen molar-refractivity contribution < 1.29 is 19.6 Å². The molecule has 0 saturated carbocycles. The van der Waals surface area contributed by atoms with E-state index >= 15 is 0 Å². The van der Waals surface area contributed by atoms with E-state index < -0.39 is 10.9 Å². The summed E-state index contributed by atoms with van der Waals surface area (Å²) in [5, 5.41) is 20.1. The monoisotopic (exact) mass is 399 g/mol. The highest BCUT2D eigenvalue weighted by Gasteiger charge is 2.17. The van der Waals surface area contributed by atoms with Crippen LogP contribution in [0.4, 0.5) is 5.69 Å². The molecule has 1 N–H and O–H groups in total. The number of nitro groups is 1. The van der Waals surface area contributed by atoms with Crippen LogP contribution in [0, 0.1) is 13.7 Å². The Kier molecular flexibility index (Phi) is 4.73. The van der Waals surface area contributed by atoms with Crippen molar-refractivity contribution in [1.82, 2.24) is 0 Å². The summed E-state index contributed by atoms with van der Waals surface area (Å²) in [6.07, 6.45) is 0. The molecule has 0 saturated heterocycles. The van der Waals surface area contributed by atoms with E-state index in [2.05, 4.69) is 0 Å². The molecule has 0 spiro atoms. The second-order valence-electron chi connectivity index (χ2n) is 4.12. The Balaban J connectivity index is 2.25. The molecule has 0 atom stereocenters. The van der Waals surface area contributed by atoms with Crippen LogP contribution in [-0.4, -0.2) is 16.0 Å². The lowest BCUT2D eigenvalue weighted by Gasteiger charge is -2.09. The van der Waals surface area contributed by atoms with E-state index in [1.54, 1.807) is 24.3 Å². The lowest BCUT2D eigenvalue weighted by atomic mass is 10.1. The topological polar surface area (TPSA) is 89.7 Å². The fourth-order valence-corrected chi connectivity index (χ4v) is 2.24. The Morgan fingerprint density at radius 2 is 2.00 bits per heavy atom. The van der Waals surface area contributed by atoms with Gasteiger partial charge < -0.3 is 9.84 Å². The zero-order valence-corrected chi connectivity index (χ0v) is 12.8. The van der Waals surface area contributed by atoms with E-state index in [4.69, 9.17) is 9.84 Å². The first-order valence-corrected chi connectivity index (χ1v) is 6.95. The molecular formula is C14H10INO5. The molecule has 0 aliphatic carbocycles. The number of carbonyl (C=O) groups is 1. The summed E-state index contributed by atoms with van der Waals surface area (Å²) >= 11 is 1.97.